The molecule has 0 amide bonds. The summed E-state index contributed by atoms with van der Waals surface area (Å²) in [6, 6.07) is 3.82. The molecule has 1 N–H and O–H groups in total. The van der Waals surface area contributed by atoms with E-state index in [-0.39, 0.29) is 0 Å². The lowest BCUT2D eigenvalue weighted by molar-refractivity contribution is -0.138. The van der Waals surface area contributed by atoms with Crippen LogP contribution >= 0.6 is 0 Å². The van der Waals surface area contributed by atoms with Crippen molar-refractivity contribution < 1.29 is 23.7 Å². The van der Waals surface area contributed by atoms with E-state index < -0.39 is 6.10 Å². The zero-order valence-electron chi connectivity index (χ0n) is 17.6. The number of fused-ring (bicyclic) bond motifs is 3. The van der Waals surface area contributed by atoms with Gasteiger partial charge in [0.05, 0.1) is 32.4 Å². The summed E-state index contributed by atoms with van der Waals surface area (Å²) in [4.78, 5) is 18.3. The highest BCUT2D eigenvalue weighted by molar-refractivity contribution is 5.89. The summed E-state index contributed by atoms with van der Waals surface area (Å²) < 4.78 is 22.6. The van der Waals surface area contributed by atoms with Crippen LogP contribution in [-0.4, -0.2) is 63.4 Å². The van der Waals surface area contributed by atoms with Crippen molar-refractivity contribution in [2.24, 2.45) is 0 Å². The molecule has 1 saturated heterocycles. The van der Waals surface area contributed by atoms with E-state index in [9.17, 15) is 4.79 Å². The van der Waals surface area contributed by atoms with E-state index in [0.717, 1.165) is 35.0 Å². The van der Waals surface area contributed by atoms with E-state index in [1.54, 1.807) is 7.11 Å². The second kappa shape index (κ2) is 9.49. The van der Waals surface area contributed by atoms with Gasteiger partial charge in [-0.05, 0) is 38.4 Å². The maximum absolute atomic E-state index is 11.0. The van der Waals surface area contributed by atoms with Gasteiger partial charge in [0, 0.05) is 36.2 Å². The molecule has 0 saturated carbocycles. The zero-order chi connectivity index (χ0) is 20.9. The van der Waals surface area contributed by atoms with Crippen LogP contribution in [0.2, 0.25) is 0 Å². The number of likely N-dealkylation sites (tertiary alicyclic amines) is 1. The number of ether oxygens (including phenoxy) is 4. The van der Waals surface area contributed by atoms with Crippen LogP contribution in [0.5, 0.6) is 11.5 Å². The lowest BCUT2D eigenvalue weighted by atomic mass is 9.96. The van der Waals surface area contributed by atoms with Gasteiger partial charge in [-0.2, -0.15) is 0 Å². The Morgan fingerprint density at radius 2 is 2.13 bits per heavy atom. The van der Waals surface area contributed by atoms with E-state index in [1.807, 2.05) is 19.2 Å². The summed E-state index contributed by atoms with van der Waals surface area (Å²) in [5.41, 5.74) is 2.56. The number of aromatic nitrogens is 1. The fourth-order valence-electron chi connectivity index (χ4n) is 4.33. The van der Waals surface area contributed by atoms with E-state index >= 15 is 0 Å². The van der Waals surface area contributed by atoms with E-state index in [4.69, 9.17) is 23.9 Å². The van der Waals surface area contributed by atoms with Crippen molar-refractivity contribution in [2.45, 2.75) is 32.0 Å². The van der Waals surface area contributed by atoms with Gasteiger partial charge in [-0.15, -0.1) is 0 Å². The molecule has 2 aromatic rings. The monoisotopic (exact) mass is 415 g/mol. The minimum absolute atomic E-state index is 0.311. The molecule has 3 heterocycles. The first-order chi connectivity index (χ1) is 14.7. The number of pyridine rings is 1. The van der Waals surface area contributed by atoms with Gasteiger partial charge in [0.15, 0.2) is 17.6 Å². The van der Waals surface area contributed by atoms with Gasteiger partial charge in [0.2, 0.25) is 0 Å². The molecule has 2 aliphatic heterocycles. The fraction of sp³-hybridized carbons (Fsp3) is 0.545. The Kier molecular flexibility index (Phi) is 6.54. The largest absolute Gasteiger partial charge is 0.493 e. The van der Waals surface area contributed by atoms with E-state index in [1.165, 1.54) is 25.9 Å². The molecule has 1 atom stereocenters. The predicted molar refractivity (Wildman–Crippen MR) is 113 cm³/mol. The summed E-state index contributed by atoms with van der Waals surface area (Å²) in [5, 5.41) is 4.00. The molecule has 1 aromatic heterocycles. The number of nitrogens with zero attached hydrogens (tertiary/aromatic N) is 2. The predicted octanol–water partition coefficient (Wildman–Crippen LogP) is 2.89. The van der Waals surface area contributed by atoms with Crippen molar-refractivity contribution in [2.75, 3.05) is 52.3 Å². The number of nitrogens with one attached hydrogen (secondary N) is 1. The summed E-state index contributed by atoms with van der Waals surface area (Å²) in [6.07, 6.45) is 3.07. The van der Waals surface area contributed by atoms with Gasteiger partial charge < -0.3 is 29.2 Å². The van der Waals surface area contributed by atoms with Gasteiger partial charge in [-0.1, -0.05) is 0 Å². The molecule has 0 radical (unpaired) electrons. The number of hydrogen-bond acceptors (Lipinski definition) is 8. The Labute approximate surface area is 176 Å². The SMILES string of the molecule is CNc1nc2cc(OCCCN3CCCC3)c(OC)cc2c2c1COCC2OC=O. The smallest absolute Gasteiger partial charge is 0.293 e. The topological polar surface area (TPSA) is 82.2 Å². The highest BCUT2D eigenvalue weighted by atomic mass is 16.6. The quantitative estimate of drug-likeness (QED) is 0.495. The zero-order valence-corrected chi connectivity index (χ0v) is 17.6. The average molecular weight is 415 g/mol. The first-order valence-corrected chi connectivity index (χ1v) is 10.5. The van der Waals surface area contributed by atoms with Crippen molar-refractivity contribution in [3.05, 3.63) is 23.3 Å². The Balaban J connectivity index is 1.63. The molecule has 8 heteroatoms. The Bertz CT molecular complexity index is 898. The van der Waals surface area contributed by atoms with Crippen molar-refractivity contribution in [1.29, 1.82) is 0 Å². The maximum atomic E-state index is 11.0. The number of methoxy groups -OCH3 is 1. The lowest BCUT2D eigenvalue weighted by Crippen LogP contribution is -2.22. The third kappa shape index (κ3) is 4.15. The number of carbonyl (C=O) groups is 1. The molecule has 4 rings (SSSR count). The van der Waals surface area contributed by atoms with Crippen LogP contribution in [0.25, 0.3) is 10.9 Å². The van der Waals surface area contributed by atoms with Crippen LogP contribution in [0.1, 0.15) is 36.5 Å². The maximum Gasteiger partial charge on any atom is 0.293 e. The highest BCUT2D eigenvalue weighted by Crippen LogP contribution is 2.41. The summed E-state index contributed by atoms with van der Waals surface area (Å²) in [7, 11) is 3.44. The minimum Gasteiger partial charge on any atom is -0.493 e. The molecule has 1 aromatic carbocycles. The molecule has 1 fully saturated rings. The van der Waals surface area contributed by atoms with Crippen molar-refractivity contribution in [1.82, 2.24) is 9.88 Å². The minimum atomic E-state index is -0.485. The van der Waals surface area contributed by atoms with E-state index in [0.29, 0.717) is 43.6 Å². The van der Waals surface area contributed by atoms with Crippen molar-refractivity contribution in [3.63, 3.8) is 0 Å². The Morgan fingerprint density at radius 3 is 2.87 bits per heavy atom. The molecule has 0 aliphatic carbocycles. The fourth-order valence-corrected chi connectivity index (χ4v) is 4.33. The van der Waals surface area contributed by atoms with Crippen LogP contribution in [0.15, 0.2) is 12.1 Å². The standard InChI is InChI=1S/C22H29N3O5/c1-23-22-16-12-28-13-20(30-14-26)21(16)15-10-18(27-2)19(11-17(15)24-22)29-9-5-8-25-6-3-4-7-25/h10-11,14,20H,3-9,12-13H2,1-2H3,(H,23,24). The first kappa shape index (κ1) is 20.7. The summed E-state index contributed by atoms with van der Waals surface area (Å²) in [6.45, 7) is 5.23. The highest BCUT2D eigenvalue weighted by Gasteiger charge is 2.28. The van der Waals surface area contributed by atoms with Gasteiger partial charge in [0.25, 0.3) is 6.47 Å². The molecule has 1 unspecified atom stereocenters. The average Bonchev–Trinajstić information content (AvgIpc) is 3.29. The normalized spacial score (nSPS) is 18.8. The van der Waals surface area contributed by atoms with Crippen LogP contribution in [0, 0.1) is 0 Å². The lowest BCUT2D eigenvalue weighted by Gasteiger charge is -2.27. The summed E-state index contributed by atoms with van der Waals surface area (Å²) >= 11 is 0. The number of hydrogen-bond donors (Lipinski definition) is 1. The second-order valence-electron chi connectivity index (χ2n) is 7.61. The molecular formula is C22H29N3O5. The first-order valence-electron chi connectivity index (χ1n) is 10.5. The number of anilines is 1. The Morgan fingerprint density at radius 1 is 1.30 bits per heavy atom. The molecule has 8 nitrogen and oxygen atoms in total. The van der Waals surface area contributed by atoms with Crippen LogP contribution < -0.4 is 14.8 Å². The molecule has 30 heavy (non-hydrogen) atoms. The van der Waals surface area contributed by atoms with Gasteiger partial charge in [-0.25, -0.2) is 4.98 Å². The third-order valence-corrected chi connectivity index (χ3v) is 5.78. The van der Waals surface area contributed by atoms with Crippen LogP contribution in [-0.2, 0) is 20.9 Å². The van der Waals surface area contributed by atoms with Crippen LogP contribution in [0.3, 0.4) is 0 Å². The van der Waals surface area contributed by atoms with Crippen molar-refractivity contribution in [3.8, 4) is 11.5 Å². The van der Waals surface area contributed by atoms with E-state index in [2.05, 4.69) is 10.2 Å². The molecule has 2 aliphatic rings. The Hall–Kier alpha value is -2.58. The molecule has 162 valence electrons. The third-order valence-electron chi connectivity index (χ3n) is 5.78. The van der Waals surface area contributed by atoms with Gasteiger partial charge >= 0.3 is 0 Å². The second-order valence-corrected chi connectivity index (χ2v) is 7.61. The number of rotatable bonds is 9. The van der Waals surface area contributed by atoms with Crippen molar-refractivity contribution >= 4 is 23.2 Å². The number of benzene rings is 1. The van der Waals surface area contributed by atoms with Gasteiger partial charge in [-0.3, -0.25) is 4.79 Å². The molecule has 0 bridgehead atoms. The van der Waals surface area contributed by atoms with Crippen LogP contribution in [0.4, 0.5) is 5.82 Å². The molecular weight excluding hydrogens is 386 g/mol. The number of carbonyl (C=O) groups excluding carboxylic acids is 1. The summed E-state index contributed by atoms with van der Waals surface area (Å²) in [5.74, 6) is 2.02. The van der Waals surface area contributed by atoms with Gasteiger partial charge in [0.1, 0.15) is 5.82 Å². The molecule has 0 spiro atoms.